The fraction of sp³-hybridized carbons (Fsp3) is 0.263. The molecule has 3 rings (SSSR count). The number of carbonyl (C=O) groups is 1. The number of benzene rings is 1. The van der Waals surface area contributed by atoms with E-state index in [-0.39, 0.29) is 22.5 Å². The zero-order chi connectivity index (χ0) is 22.1. The molecule has 7 nitrogen and oxygen atoms in total. The van der Waals surface area contributed by atoms with Crippen molar-refractivity contribution in [3.63, 3.8) is 0 Å². The second-order valence-corrected chi connectivity index (χ2v) is 6.75. The molecule has 2 aromatic rings. The van der Waals surface area contributed by atoms with E-state index in [0.717, 1.165) is 13.0 Å². The fourth-order valence-corrected chi connectivity index (χ4v) is 2.89. The Kier molecular flexibility index (Phi) is 5.35. The molecule has 1 aromatic heterocycles. The van der Waals surface area contributed by atoms with Crippen LogP contribution < -0.4 is 11.1 Å². The van der Waals surface area contributed by atoms with Gasteiger partial charge in [-0.15, -0.1) is 0 Å². The van der Waals surface area contributed by atoms with Gasteiger partial charge in [0.2, 0.25) is 5.60 Å². The third-order valence-corrected chi connectivity index (χ3v) is 4.53. The van der Waals surface area contributed by atoms with Crippen molar-refractivity contribution in [1.82, 2.24) is 4.98 Å². The van der Waals surface area contributed by atoms with Crippen LogP contribution in [0.3, 0.4) is 0 Å². The quantitative estimate of drug-likeness (QED) is 0.737. The van der Waals surface area contributed by atoms with Crippen molar-refractivity contribution in [2.45, 2.75) is 31.2 Å². The van der Waals surface area contributed by atoms with Gasteiger partial charge in [0.1, 0.15) is 17.6 Å². The molecule has 2 atom stereocenters. The molecule has 0 saturated heterocycles. The Morgan fingerprint density at radius 2 is 2.10 bits per heavy atom. The van der Waals surface area contributed by atoms with E-state index < -0.39 is 42.0 Å². The first-order valence-corrected chi connectivity index (χ1v) is 8.58. The zero-order valence-electron chi connectivity index (χ0n) is 15.5. The smallest absolute Gasteiger partial charge is 0.428 e. The van der Waals surface area contributed by atoms with Crippen molar-refractivity contribution in [2.24, 2.45) is 10.7 Å². The molecule has 0 radical (unpaired) electrons. The molecule has 1 unspecified atom stereocenters. The third-order valence-electron chi connectivity index (χ3n) is 4.53. The number of alkyl halides is 3. The predicted octanol–water partition coefficient (Wildman–Crippen LogP) is 3.44. The van der Waals surface area contributed by atoms with Gasteiger partial charge >= 0.3 is 6.18 Å². The predicted molar refractivity (Wildman–Crippen MR) is 97.8 cm³/mol. The number of ether oxygens (including phenoxy) is 1. The number of rotatable bonds is 3. The first kappa shape index (κ1) is 21.0. The number of nitrogens with zero attached hydrogens (tertiary/aromatic N) is 3. The molecule has 2 heterocycles. The maximum Gasteiger partial charge on any atom is 0.428 e. The van der Waals surface area contributed by atoms with Crippen molar-refractivity contribution in [3.05, 3.63) is 59.2 Å². The van der Waals surface area contributed by atoms with E-state index in [1.54, 1.807) is 0 Å². The monoisotopic (exact) mass is 421 g/mol. The molecule has 0 saturated carbocycles. The molecule has 1 aliphatic rings. The molecule has 1 aliphatic heterocycles. The number of nitriles is 1. The zero-order valence-corrected chi connectivity index (χ0v) is 15.5. The lowest BCUT2D eigenvalue weighted by molar-refractivity contribution is -0.253. The maximum atomic E-state index is 14.4. The summed E-state index contributed by atoms with van der Waals surface area (Å²) in [6.07, 6.45) is -4.24. The Morgan fingerprint density at radius 3 is 2.70 bits per heavy atom. The summed E-state index contributed by atoms with van der Waals surface area (Å²) in [5.41, 5.74) is 2.97. The van der Waals surface area contributed by atoms with Gasteiger partial charge < -0.3 is 15.8 Å². The maximum absolute atomic E-state index is 14.4. The Bertz CT molecular complexity index is 1050. The number of anilines is 1. The van der Waals surface area contributed by atoms with Crippen LogP contribution in [0.2, 0.25) is 0 Å². The minimum absolute atomic E-state index is 0.00199. The number of halogens is 4. The second-order valence-electron chi connectivity index (χ2n) is 6.75. The van der Waals surface area contributed by atoms with E-state index >= 15 is 0 Å². The SMILES string of the molecule is C[C@]1(C(F)(F)F)CC(c2cc(NC(=O)c3ccc(C#N)cn3)ccc2F)N=C(N)O1. The summed E-state index contributed by atoms with van der Waals surface area (Å²) in [4.78, 5) is 19.9. The Hall–Kier alpha value is -3.68. The van der Waals surface area contributed by atoms with Gasteiger partial charge in [-0.25, -0.2) is 14.4 Å². The number of aliphatic imine (C=N–C) groups is 1. The molecule has 0 spiro atoms. The van der Waals surface area contributed by atoms with Crippen LogP contribution in [-0.2, 0) is 4.74 Å². The van der Waals surface area contributed by atoms with E-state index in [9.17, 15) is 22.4 Å². The highest BCUT2D eigenvalue weighted by Crippen LogP contribution is 2.44. The number of nitrogens with two attached hydrogens (primary N) is 1. The van der Waals surface area contributed by atoms with E-state index in [2.05, 4.69) is 20.0 Å². The van der Waals surface area contributed by atoms with E-state index in [0.29, 0.717) is 0 Å². The van der Waals surface area contributed by atoms with Crippen molar-refractivity contribution in [1.29, 1.82) is 5.26 Å². The lowest BCUT2D eigenvalue weighted by Gasteiger charge is -2.37. The van der Waals surface area contributed by atoms with Crippen molar-refractivity contribution in [3.8, 4) is 6.07 Å². The second kappa shape index (κ2) is 7.62. The molecule has 3 N–H and O–H groups in total. The molecule has 0 aliphatic carbocycles. The van der Waals surface area contributed by atoms with Crippen LogP contribution in [0, 0.1) is 17.1 Å². The Balaban J connectivity index is 1.87. The van der Waals surface area contributed by atoms with Crippen LogP contribution in [-0.4, -0.2) is 28.7 Å². The molecule has 0 fully saturated rings. The van der Waals surface area contributed by atoms with Crippen LogP contribution in [0.4, 0.5) is 23.2 Å². The van der Waals surface area contributed by atoms with Crippen molar-refractivity contribution >= 4 is 17.6 Å². The highest BCUT2D eigenvalue weighted by molar-refractivity contribution is 6.02. The van der Waals surface area contributed by atoms with Crippen LogP contribution in [0.15, 0.2) is 41.5 Å². The minimum atomic E-state index is -4.75. The van der Waals surface area contributed by atoms with Crippen LogP contribution in [0.5, 0.6) is 0 Å². The molecule has 11 heteroatoms. The third kappa shape index (κ3) is 4.17. The average molecular weight is 421 g/mol. The van der Waals surface area contributed by atoms with Crippen LogP contribution >= 0.6 is 0 Å². The van der Waals surface area contributed by atoms with E-state index in [1.807, 2.05) is 6.07 Å². The van der Waals surface area contributed by atoms with Crippen LogP contribution in [0.1, 0.15) is 41.0 Å². The number of carbonyl (C=O) groups excluding carboxylic acids is 1. The largest absolute Gasteiger partial charge is 0.449 e. The lowest BCUT2D eigenvalue weighted by atomic mass is 9.90. The number of hydrogen-bond donors (Lipinski definition) is 2. The highest BCUT2D eigenvalue weighted by Gasteiger charge is 2.56. The summed E-state index contributed by atoms with van der Waals surface area (Å²) in [7, 11) is 0. The highest BCUT2D eigenvalue weighted by atomic mass is 19.4. The Labute approximate surface area is 168 Å². The van der Waals surface area contributed by atoms with Crippen molar-refractivity contribution in [2.75, 3.05) is 5.32 Å². The van der Waals surface area contributed by atoms with Crippen molar-refractivity contribution < 1.29 is 27.1 Å². The molecular formula is C19H15F4N5O2. The number of amides is 1. The number of nitrogens with one attached hydrogen (secondary N) is 1. The fourth-order valence-electron chi connectivity index (χ4n) is 2.89. The minimum Gasteiger partial charge on any atom is -0.449 e. The van der Waals surface area contributed by atoms with Gasteiger partial charge in [-0.2, -0.15) is 18.4 Å². The number of pyridine rings is 1. The van der Waals surface area contributed by atoms with E-state index in [4.69, 9.17) is 11.0 Å². The standard InChI is InChI=1S/C19H15F4N5O2/c1-18(19(21,22)23)7-15(28-17(25)30-18)12-6-11(3-4-13(12)20)27-16(29)14-5-2-10(8-24)9-26-14/h2-6,9,15H,7H2,1H3,(H2,25,28)(H,27,29)/t15?,18-/m1/s1. The van der Waals surface area contributed by atoms with Gasteiger partial charge in [0.25, 0.3) is 11.9 Å². The summed E-state index contributed by atoms with van der Waals surface area (Å²) < 4.78 is 59.2. The molecule has 30 heavy (non-hydrogen) atoms. The summed E-state index contributed by atoms with van der Waals surface area (Å²) in [6, 6.07) is 6.05. The van der Waals surface area contributed by atoms with Gasteiger partial charge in [-0.3, -0.25) is 4.79 Å². The van der Waals surface area contributed by atoms with Gasteiger partial charge in [0.15, 0.2) is 0 Å². The molecule has 156 valence electrons. The first-order valence-electron chi connectivity index (χ1n) is 8.58. The normalized spacial score (nSPS) is 21.2. The first-order chi connectivity index (χ1) is 14.0. The topological polar surface area (TPSA) is 113 Å². The van der Waals surface area contributed by atoms with Gasteiger partial charge in [0, 0.05) is 23.9 Å². The number of amidine groups is 1. The summed E-state index contributed by atoms with van der Waals surface area (Å²) >= 11 is 0. The summed E-state index contributed by atoms with van der Waals surface area (Å²) in [6.45, 7) is 0.807. The van der Waals surface area contributed by atoms with Crippen LogP contribution in [0.25, 0.3) is 0 Å². The molecule has 0 bridgehead atoms. The van der Waals surface area contributed by atoms with Gasteiger partial charge in [-0.1, -0.05) is 0 Å². The summed E-state index contributed by atoms with van der Waals surface area (Å²) in [5.74, 6) is -1.45. The van der Waals surface area contributed by atoms with E-state index in [1.165, 1.54) is 30.5 Å². The number of hydrogen-bond acceptors (Lipinski definition) is 6. The molecule has 1 aromatic carbocycles. The average Bonchev–Trinajstić information content (AvgIpc) is 2.68. The molecular weight excluding hydrogens is 406 g/mol. The lowest BCUT2D eigenvalue weighted by Crippen LogP contribution is -2.51. The molecule has 1 amide bonds. The number of aromatic nitrogens is 1. The summed E-state index contributed by atoms with van der Waals surface area (Å²) in [5, 5.41) is 11.2. The Morgan fingerprint density at radius 1 is 1.37 bits per heavy atom. The van der Waals surface area contributed by atoms with Gasteiger partial charge in [0.05, 0.1) is 11.6 Å². The van der Waals surface area contributed by atoms with Gasteiger partial charge in [-0.05, 0) is 37.3 Å².